The van der Waals surface area contributed by atoms with Gasteiger partial charge in [-0.25, -0.2) is 8.78 Å². The van der Waals surface area contributed by atoms with Crippen molar-refractivity contribution < 1.29 is 36.6 Å². The van der Waals surface area contributed by atoms with Crippen molar-refractivity contribution in [1.29, 1.82) is 0 Å². The summed E-state index contributed by atoms with van der Waals surface area (Å²) in [4.78, 5) is 40.9. The van der Waals surface area contributed by atoms with E-state index in [1.54, 1.807) is 64.9 Å². The molecular weight excluding hydrogens is 633 g/mol. The first-order chi connectivity index (χ1) is 22.4. The van der Waals surface area contributed by atoms with Crippen LogP contribution in [0, 0.1) is 43.2 Å². The van der Waals surface area contributed by atoms with Crippen LogP contribution < -0.4 is 10.9 Å². The molecular formula is C36H40F5N3O4. The van der Waals surface area contributed by atoms with Crippen LogP contribution in [-0.4, -0.2) is 47.1 Å². The first-order valence-corrected chi connectivity index (χ1v) is 15.4. The van der Waals surface area contributed by atoms with Crippen LogP contribution >= 0.6 is 0 Å². The van der Waals surface area contributed by atoms with E-state index in [4.69, 9.17) is 0 Å². The standard InChI is InChI=1S/C36H40F5N3O4/c1-8-10-23-16-25(31-21(4)11-9-12-22(31)5)34(38)32(33(23)37)27(18-30(46)47)42-35(48)28(15-20(2)3)44-19-24(13-14-43(6)7)26(17-29(44)45)36(39,40)41/h9,11-12,16-17,19-20,27-28H,13-15,18H2,1-7H3,(H,42,48)(H,46,47)/t27?,28-/m0/s1. The largest absolute Gasteiger partial charge is 0.481 e. The summed E-state index contributed by atoms with van der Waals surface area (Å²) in [5.41, 5.74) is -1.72. The van der Waals surface area contributed by atoms with Gasteiger partial charge in [-0.05, 0) is 81.9 Å². The second kappa shape index (κ2) is 15.6. The molecule has 1 unspecified atom stereocenters. The van der Waals surface area contributed by atoms with Crippen LogP contribution in [0.1, 0.15) is 79.1 Å². The van der Waals surface area contributed by atoms with E-state index in [-0.39, 0.29) is 42.0 Å². The topological polar surface area (TPSA) is 91.6 Å². The van der Waals surface area contributed by atoms with Gasteiger partial charge in [0, 0.05) is 29.9 Å². The average molecular weight is 674 g/mol. The smallest absolute Gasteiger partial charge is 0.416 e. The van der Waals surface area contributed by atoms with E-state index in [1.807, 2.05) is 0 Å². The molecule has 3 aromatic rings. The Bertz CT molecular complexity index is 1780. The second-order valence-corrected chi connectivity index (χ2v) is 12.5. The fraction of sp³-hybridized carbons (Fsp3) is 0.417. The minimum atomic E-state index is -4.84. The van der Waals surface area contributed by atoms with E-state index in [1.165, 1.54) is 13.0 Å². The van der Waals surface area contributed by atoms with E-state index >= 15 is 8.78 Å². The molecule has 0 saturated heterocycles. The molecule has 0 radical (unpaired) electrons. The molecule has 258 valence electrons. The van der Waals surface area contributed by atoms with Crippen molar-refractivity contribution >= 4 is 11.9 Å². The molecule has 12 heteroatoms. The van der Waals surface area contributed by atoms with Crippen molar-refractivity contribution in [2.45, 2.75) is 72.1 Å². The number of aromatic nitrogens is 1. The number of carboxylic acid groups (broad SMARTS) is 1. The number of aryl methyl sites for hydroxylation is 2. The van der Waals surface area contributed by atoms with E-state index in [0.29, 0.717) is 22.8 Å². The number of nitrogens with one attached hydrogen (secondary N) is 1. The number of benzene rings is 2. The van der Waals surface area contributed by atoms with Crippen molar-refractivity contribution in [1.82, 2.24) is 14.8 Å². The molecule has 1 aromatic heterocycles. The highest BCUT2D eigenvalue weighted by Gasteiger charge is 2.36. The van der Waals surface area contributed by atoms with Crippen molar-refractivity contribution in [3.8, 4) is 23.0 Å². The predicted molar refractivity (Wildman–Crippen MR) is 173 cm³/mol. The van der Waals surface area contributed by atoms with E-state index in [0.717, 1.165) is 10.8 Å². The summed E-state index contributed by atoms with van der Waals surface area (Å²) in [7, 11) is 3.35. The number of rotatable bonds is 12. The van der Waals surface area contributed by atoms with Crippen LogP contribution in [0.5, 0.6) is 0 Å². The van der Waals surface area contributed by atoms with Gasteiger partial charge < -0.3 is 19.9 Å². The number of carbonyl (C=O) groups is 2. The predicted octanol–water partition coefficient (Wildman–Crippen LogP) is 6.82. The number of pyridine rings is 1. The summed E-state index contributed by atoms with van der Waals surface area (Å²) >= 11 is 0. The third kappa shape index (κ3) is 8.89. The molecule has 2 aromatic carbocycles. The third-order valence-corrected chi connectivity index (χ3v) is 7.92. The SMILES string of the molecule is CC#Cc1cc(-c2c(C)cccc2C)c(F)c(C(CC(=O)O)NC(=O)[C@H](CC(C)C)n2cc(CCN(C)C)c(C(F)(F)F)cc2=O)c1F. The monoisotopic (exact) mass is 673 g/mol. The molecule has 0 fully saturated rings. The van der Waals surface area contributed by atoms with Crippen LogP contribution in [-0.2, 0) is 22.2 Å². The lowest BCUT2D eigenvalue weighted by Gasteiger charge is -2.27. The maximum atomic E-state index is 16.5. The number of alkyl halides is 3. The summed E-state index contributed by atoms with van der Waals surface area (Å²) in [6, 6.07) is 3.69. The highest BCUT2D eigenvalue weighted by molar-refractivity contribution is 5.82. The summed E-state index contributed by atoms with van der Waals surface area (Å²) in [5, 5.41) is 12.2. The zero-order valence-corrected chi connectivity index (χ0v) is 28.0. The van der Waals surface area contributed by atoms with Crippen LogP contribution in [0.15, 0.2) is 41.3 Å². The normalized spacial score (nSPS) is 12.9. The number of nitrogens with zero attached hydrogens (tertiary/aromatic N) is 2. The van der Waals surface area contributed by atoms with E-state index in [9.17, 15) is 32.7 Å². The summed E-state index contributed by atoms with van der Waals surface area (Å²) in [6.07, 6.45) is -4.94. The Kier molecular flexibility index (Phi) is 12.3. The van der Waals surface area contributed by atoms with Crippen molar-refractivity contribution in [3.05, 3.63) is 91.9 Å². The molecule has 48 heavy (non-hydrogen) atoms. The lowest BCUT2D eigenvalue weighted by molar-refractivity contribution is -0.139. The molecule has 0 bridgehead atoms. The lowest BCUT2D eigenvalue weighted by atomic mass is 9.89. The van der Waals surface area contributed by atoms with E-state index in [2.05, 4.69) is 17.2 Å². The van der Waals surface area contributed by atoms with Gasteiger partial charge in [0.15, 0.2) is 0 Å². The van der Waals surface area contributed by atoms with Gasteiger partial charge in [0.1, 0.15) is 17.7 Å². The Labute approximate surface area is 276 Å². The molecule has 7 nitrogen and oxygen atoms in total. The lowest BCUT2D eigenvalue weighted by Crippen LogP contribution is -2.41. The average Bonchev–Trinajstić information content (AvgIpc) is 2.96. The van der Waals surface area contributed by atoms with E-state index < -0.39 is 64.9 Å². The van der Waals surface area contributed by atoms with Gasteiger partial charge >= 0.3 is 12.1 Å². The molecule has 0 aliphatic carbocycles. The Balaban J connectivity index is 2.25. The van der Waals surface area contributed by atoms with Crippen molar-refractivity contribution in [2.24, 2.45) is 5.92 Å². The molecule has 0 aliphatic rings. The maximum Gasteiger partial charge on any atom is 0.416 e. The molecule has 1 amide bonds. The molecule has 0 spiro atoms. The summed E-state index contributed by atoms with van der Waals surface area (Å²) in [5.74, 6) is 0.137. The first-order valence-electron chi connectivity index (χ1n) is 15.4. The molecule has 0 aliphatic heterocycles. The number of halogens is 5. The highest BCUT2D eigenvalue weighted by Crippen LogP contribution is 2.37. The molecule has 1 heterocycles. The maximum absolute atomic E-state index is 16.5. The fourth-order valence-corrected chi connectivity index (χ4v) is 5.71. The first kappa shape index (κ1) is 38.0. The van der Waals surface area contributed by atoms with Crippen LogP contribution in [0.2, 0.25) is 0 Å². The number of carbonyl (C=O) groups excluding carboxylic acids is 1. The summed E-state index contributed by atoms with van der Waals surface area (Å²) in [6.45, 7) is 8.57. The van der Waals surface area contributed by atoms with Crippen molar-refractivity contribution in [2.75, 3.05) is 20.6 Å². The molecule has 3 rings (SSSR count). The van der Waals surface area contributed by atoms with Gasteiger partial charge in [-0.2, -0.15) is 13.2 Å². The number of amides is 1. The van der Waals surface area contributed by atoms with Crippen LogP contribution in [0.3, 0.4) is 0 Å². The van der Waals surface area contributed by atoms with Gasteiger partial charge in [-0.1, -0.05) is 38.0 Å². The van der Waals surface area contributed by atoms with Crippen LogP contribution in [0.4, 0.5) is 22.0 Å². The number of hydrogen-bond acceptors (Lipinski definition) is 4. The number of carboxylic acids is 1. The molecule has 2 atom stereocenters. The van der Waals surface area contributed by atoms with Gasteiger partial charge in [0.2, 0.25) is 5.91 Å². The van der Waals surface area contributed by atoms with Gasteiger partial charge in [-0.15, -0.1) is 5.92 Å². The Hall–Kier alpha value is -4.50. The Morgan fingerprint density at radius 2 is 1.69 bits per heavy atom. The highest BCUT2D eigenvalue weighted by atomic mass is 19.4. The fourth-order valence-electron chi connectivity index (χ4n) is 5.71. The minimum Gasteiger partial charge on any atom is -0.481 e. The zero-order valence-electron chi connectivity index (χ0n) is 28.0. The third-order valence-electron chi connectivity index (χ3n) is 7.92. The number of likely N-dealkylation sites (N-methyl/N-ethyl adjacent to an activating group) is 1. The number of aliphatic carboxylic acids is 1. The summed E-state index contributed by atoms with van der Waals surface area (Å²) < 4.78 is 75.2. The molecule has 2 N–H and O–H groups in total. The van der Waals surface area contributed by atoms with Crippen LogP contribution in [0.25, 0.3) is 11.1 Å². The minimum absolute atomic E-state index is 0.0485. The van der Waals surface area contributed by atoms with Gasteiger partial charge in [-0.3, -0.25) is 14.4 Å². The zero-order chi connectivity index (χ0) is 36.1. The second-order valence-electron chi connectivity index (χ2n) is 12.5. The van der Waals surface area contributed by atoms with Crippen molar-refractivity contribution in [3.63, 3.8) is 0 Å². The van der Waals surface area contributed by atoms with Gasteiger partial charge in [0.25, 0.3) is 5.56 Å². The Morgan fingerprint density at radius 1 is 1.06 bits per heavy atom. The molecule has 0 saturated carbocycles. The van der Waals surface area contributed by atoms with Gasteiger partial charge in [0.05, 0.1) is 23.6 Å². The quantitative estimate of drug-likeness (QED) is 0.163. The number of hydrogen-bond donors (Lipinski definition) is 2. The Morgan fingerprint density at radius 3 is 2.21 bits per heavy atom.